The highest BCUT2D eigenvalue weighted by molar-refractivity contribution is 5.78. The first kappa shape index (κ1) is 12.1. The van der Waals surface area contributed by atoms with Crippen molar-refractivity contribution in [2.75, 3.05) is 0 Å². The van der Waals surface area contributed by atoms with E-state index in [1.54, 1.807) is 31.2 Å². The van der Waals surface area contributed by atoms with E-state index in [2.05, 4.69) is 0 Å². The van der Waals surface area contributed by atoms with Crippen LogP contribution in [0, 0.1) is 0 Å². The van der Waals surface area contributed by atoms with Crippen LogP contribution in [0.2, 0.25) is 0 Å². The van der Waals surface area contributed by atoms with Crippen molar-refractivity contribution in [3.63, 3.8) is 0 Å². The molecule has 0 amide bonds. The van der Waals surface area contributed by atoms with E-state index in [1.807, 2.05) is 0 Å². The van der Waals surface area contributed by atoms with Crippen LogP contribution >= 0.6 is 0 Å². The van der Waals surface area contributed by atoms with Crippen LogP contribution in [-0.2, 0) is 17.9 Å². The zero-order valence-corrected chi connectivity index (χ0v) is 9.79. The summed E-state index contributed by atoms with van der Waals surface area (Å²) in [5.74, 6) is -1.22. The summed E-state index contributed by atoms with van der Waals surface area (Å²) >= 11 is 0. The van der Waals surface area contributed by atoms with Gasteiger partial charge in [0.2, 0.25) is 0 Å². The van der Waals surface area contributed by atoms with Crippen molar-refractivity contribution in [1.29, 1.82) is 0 Å². The van der Waals surface area contributed by atoms with Gasteiger partial charge in [0.05, 0.1) is 10.9 Å². The molecule has 6 nitrogen and oxygen atoms in total. The number of rotatable bonds is 3. The van der Waals surface area contributed by atoms with Gasteiger partial charge in [0, 0.05) is 6.54 Å². The van der Waals surface area contributed by atoms with Gasteiger partial charge in [0.15, 0.2) is 0 Å². The Hall–Kier alpha value is -2.37. The number of aliphatic carboxylic acids is 1. The molecule has 1 heterocycles. The number of benzene rings is 1. The van der Waals surface area contributed by atoms with Crippen molar-refractivity contribution < 1.29 is 9.90 Å². The van der Waals surface area contributed by atoms with Crippen LogP contribution in [0.25, 0.3) is 10.9 Å². The lowest BCUT2D eigenvalue weighted by atomic mass is 10.2. The molecular weight excluding hydrogens is 236 g/mol. The number of aromatic nitrogens is 2. The third-order valence-electron chi connectivity index (χ3n) is 2.74. The van der Waals surface area contributed by atoms with Gasteiger partial charge < -0.3 is 5.11 Å². The van der Waals surface area contributed by atoms with Crippen molar-refractivity contribution in [3.8, 4) is 0 Å². The van der Waals surface area contributed by atoms with Crippen LogP contribution in [0.4, 0.5) is 0 Å². The summed E-state index contributed by atoms with van der Waals surface area (Å²) in [5, 5.41) is 9.09. The second-order valence-electron chi connectivity index (χ2n) is 3.83. The molecule has 18 heavy (non-hydrogen) atoms. The first-order valence-corrected chi connectivity index (χ1v) is 5.50. The number of nitrogens with zero attached hydrogens (tertiary/aromatic N) is 2. The number of hydrogen-bond donors (Lipinski definition) is 1. The quantitative estimate of drug-likeness (QED) is 0.845. The van der Waals surface area contributed by atoms with E-state index in [-0.39, 0.29) is 0 Å². The molecule has 2 rings (SSSR count). The SMILES string of the molecule is CCn1c(=O)n(CC(=O)O)c(=O)c2ccccc21. The van der Waals surface area contributed by atoms with Gasteiger partial charge in [-0.05, 0) is 19.1 Å². The van der Waals surface area contributed by atoms with E-state index in [4.69, 9.17) is 5.11 Å². The number of aryl methyl sites for hydroxylation is 1. The Kier molecular flexibility index (Phi) is 3.01. The Morgan fingerprint density at radius 3 is 2.50 bits per heavy atom. The molecule has 0 aliphatic heterocycles. The summed E-state index contributed by atoms with van der Waals surface area (Å²) in [6.45, 7) is 1.52. The molecule has 0 aliphatic rings. The molecule has 0 atom stereocenters. The number of fused-ring (bicyclic) bond motifs is 1. The fourth-order valence-corrected chi connectivity index (χ4v) is 1.95. The first-order chi connectivity index (χ1) is 8.56. The minimum absolute atomic E-state index is 0.347. The highest BCUT2D eigenvalue weighted by atomic mass is 16.4. The standard InChI is InChI=1S/C12H12N2O4/c1-2-13-9-6-4-3-5-8(9)11(17)14(12(13)18)7-10(15)16/h3-6H,2,7H2,1H3,(H,15,16). The number of carboxylic acids is 1. The maximum Gasteiger partial charge on any atom is 0.332 e. The molecule has 0 unspecified atom stereocenters. The van der Waals surface area contributed by atoms with Crippen molar-refractivity contribution >= 4 is 16.9 Å². The van der Waals surface area contributed by atoms with Crippen LogP contribution in [0.15, 0.2) is 33.9 Å². The first-order valence-electron chi connectivity index (χ1n) is 5.50. The van der Waals surface area contributed by atoms with Gasteiger partial charge in [0.1, 0.15) is 6.54 Å². The second kappa shape index (κ2) is 4.48. The van der Waals surface area contributed by atoms with Gasteiger partial charge in [-0.1, -0.05) is 12.1 Å². The number of hydrogen-bond acceptors (Lipinski definition) is 3. The molecule has 0 saturated carbocycles. The molecule has 0 spiro atoms. The minimum atomic E-state index is -1.22. The fourth-order valence-electron chi connectivity index (χ4n) is 1.95. The Labute approximate surface area is 102 Å². The lowest BCUT2D eigenvalue weighted by Crippen LogP contribution is -2.41. The molecule has 2 aromatic rings. The maximum absolute atomic E-state index is 12.0. The van der Waals surface area contributed by atoms with Crippen LogP contribution in [0.5, 0.6) is 0 Å². The normalized spacial score (nSPS) is 10.7. The highest BCUT2D eigenvalue weighted by Gasteiger charge is 2.13. The van der Waals surface area contributed by atoms with Gasteiger partial charge in [-0.25, -0.2) is 9.36 Å². The lowest BCUT2D eigenvalue weighted by molar-refractivity contribution is -0.137. The molecule has 0 fully saturated rings. The smallest absolute Gasteiger partial charge is 0.332 e. The molecule has 0 aliphatic carbocycles. The van der Waals surface area contributed by atoms with Crippen molar-refractivity contribution in [2.45, 2.75) is 20.0 Å². The number of carbonyl (C=O) groups is 1. The highest BCUT2D eigenvalue weighted by Crippen LogP contribution is 2.06. The van der Waals surface area contributed by atoms with Crippen LogP contribution in [-0.4, -0.2) is 20.2 Å². The summed E-state index contributed by atoms with van der Waals surface area (Å²) in [6.07, 6.45) is 0. The molecule has 6 heteroatoms. The third-order valence-corrected chi connectivity index (χ3v) is 2.74. The van der Waals surface area contributed by atoms with E-state index in [9.17, 15) is 14.4 Å². The van der Waals surface area contributed by atoms with E-state index in [1.165, 1.54) is 4.57 Å². The van der Waals surface area contributed by atoms with Gasteiger partial charge in [-0.15, -0.1) is 0 Å². The topological polar surface area (TPSA) is 81.3 Å². The Bertz CT molecular complexity index is 727. The van der Waals surface area contributed by atoms with Crippen LogP contribution < -0.4 is 11.2 Å². The predicted octanol–water partition coefficient (Wildman–Crippen LogP) is 0.268. The van der Waals surface area contributed by atoms with Crippen molar-refractivity contribution in [2.24, 2.45) is 0 Å². The summed E-state index contributed by atoms with van der Waals surface area (Å²) in [5.41, 5.74) is -0.636. The zero-order chi connectivity index (χ0) is 13.3. The average Bonchev–Trinajstić information content (AvgIpc) is 2.35. The Morgan fingerprint density at radius 2 is 1.89 bits per heavy atom. The molecule has 0 bridgehead atoms. The van der Waals surface area contributed by atoms with E-state index < -0.39 is 23.8 Å². The molecule has 1 aromatic heterocycles. The van der Waals surface area contributed by atoms with Crippen LogP contribution in [0.1, 0.15) is 6.92 Å². The maximum atomic E-state index is 12.0. The summed E-state index contributed by atoms with van der Waals surface area (Å²) < 4.78 is 2.13. The zero-order valence-electron chi connectivity index (χ0n) is 9.79. The Balaban J connectivity index is 2.92. The van der Waals surface area contributed by atoms with E-state index in [0.29, 0.717) is 17.4 Å². The Morgan fingerprint density at radius 1 is 1.22 bits per heavy atom. The summed E-state index contributed by atoms with van der Waals surface area (Å²) in [4.78, 5) is 34.8. The van der Waals surface area contributed by atoms with Crippen molar-refractivity contribution in [3.05, 3.63) is 45.1 Å². The largest absolute Gasteiger partial charge is 0.480 e. The monoisotopic (exact) mass is 248 g/mol. The predicted molar refractivity (Wildman–Crippen MR) is 65.8 cm³/mol. The second-order valence-corrected chi connectivity index (χ2v) is 3.83. The molecule has 1 aromatic carbocycles. The van der Waals surface area contributed by atoms with Crippen LogP contribution in [0.3, 0.4) is 0 Å². The minimum Gasteiger partial charge on any atom is -0.480 e. The molecular formula is C12H12N2O4. The number of para-hydroxylation sites is 1. The molecule has 0 radical (unpaired) electrons. The molecule has 1 N–H and O–H groups in total. The lowest BCUT2D eigenvalue weighted by Gasteiger charge is -2.10. The van der Waals surface area contributed by atoms with Gasteiger partial charge in [-0.2, -0.15) is 0 Å². The third kappa shape index (κ3) is 1.81. The average molecular weight is 248 g/mol. The molecule has 0 saturated heterocycles. The van der Waals surface area contributed by atoms with E-state index in [0.717, 1.165) is 4.57 Å². The summed E-state index contributed by atoms with van der Waals surface area (Å²) in [7, 11) is 0. The molecule has 94 valence electrons. The number of carboxylic acid groups (broad SMARTS) is 1. The van der Waals surface area contributed by atoms with Gasteiger partial charge in [-0.3, -0.25) is 14.2 Å². The fraction of sp³-hybridized carbons (Fsp3) is 0.250. The van der Waals surface area contributed by atoms with Gasteiger partial charge >= 0.3 is 11.7 Å². The van der Waals surface area contributed by atoms with E-state index >= 15 is 0 Å². The van der Waals surface area contributed by atoms with Gasteiger partial charge in [0.25, 0.3) is 5.56 Å². The summed E-state index contributed by atoms with van der Waals surface area (Å²) in [6, 6.07) is 6.67. The van der Waals surface area contributed by atoms with Crippen molar-refractivity contribution in [1.82, 2.24) is 9.13 Å².